The van der Waals surface area contributed by atoms with E-state index in [2.05, 4.69) is 21.9 Å². The summed E-state index contributed by atoms with van der Waals surface area (Å²) in [6, 6.07) is 19.3. The molecular formula is C23H26N2O3. The number of ether oxygens (including phenoxy) is 1. The van der Waals surface area contributed by atoms with Crippen molar-refractivity contribution in [2.24, 2.45) is 5.41 Å². The monoisotopic (exact) mass is 378 g/mol. The maximum atomic E-state index is 13.2. The first-order valence-electron chi connectivity index (χ1n) is 9.76. The van der Waals surface area contributed by atoms with Crippen LogP contribution in [0.25, 0.3) is 0 Å². The Morgan fingerprint density at radius 3 is 2.32 bits per heavy atom. The fourth-order valence-electron chi connectivity index (χ4n) is 4.86. The highest BCUT2D eigenvalue weighted by Gasteiger charge is 2.60. The molecule has 0 aromatic heterocycles. The Morgan fingerprint density at radius 1 is 1.04 bits per heavy atom. The molecule has 0 spiro atoms. The molecule has 2 heterocycles. The van der Waals surface area contributed by atoms with Crippen LogP contribution in [-0.4, -0.2) is 54.0 Å². The van der Waals surface area contributed by atoms with Crippen molar-refractivity contribution in [1.82, 2.24) is 9.80 Å². The largest absolute Gasteiger partial charge is 0.469 e. The Bertz CT molecular complexity index is 855. The fourth-order valence-corrected chi connectivity index (χ4v) is 4.86. The van der Waals surface area contributed by atoms with Gasteiger partial charge in [0, 0.05) is 25.2 Å². The molecule has 2 aromatic carbocycles. The molecule has 0 amide bonds. The van der Waals surface area contributed by atoms with Crippen LogP contribution in [0.2, 0.25) is 0 Å². The smallest absolute Gasteiger partial charge is 0.314 e. The summed E-state index contributed by atoms with van der Waals surface area (Å²) in [7, 11) is 1.43. The highest BCUT2D eigenvalue weighted by atomic mass is 16.5. The lowest BCUT2D eigenvalue weighted by atomic mass is 9.83. The van der Waals surface area contributed by atoms with Crippen LogP contribution in [0.3, 0.4) is 0 Å². The van der Waals surface area contributed by atoms with Crippen molar-refractivity contribution in [2.75, 3.05) is 20.2 Å². The highest BCUT2D eigenvalue weighted by Crippen LogP contribution is 2.46. The number of carbonyl (C=O) groups is 2. The van der Waals surface area contributed by atoms with Gasteiger partial charge >= 0.3 is 5.97 Å². The van der Waals surface area contributed by atoms with Crippen molar-refractivity contribution in [1.29, 1.82) is 0 Å². The molecule has 2 saturated heterocycles. The third-order valence-electron chi connectivity index (χ3n) is 6.13. The van der Waals surface area contributed by atoms with Crippen LogP contribution < -0.4 is 0 Å². The number of fused-ring (bicyclic) bond motifs is 1. The van der Waals surface area contributed by atoms with Gasteiger partial charge in [-0.05, 0) is 18.9 Å². The molecule has 0 bridgehead atoms. The summed E-state index contributed by atoms with van der Waals surface area (Å²) < 4.78 is 5.17. The van der Waals surface area contributed by atoms with Crippen molar-refractivity contribution in [3.8, 4) is 0 Å². The van der Waals surface area contributed by atoms with Crippen molar-refractivity contribution < 1.29 is 14.3 Å². The molecule has 3 unspecified atom stereocenters. The fraction of sp³-hybridized carbons (Fsp3) is 0.391. The zero-order chi connectivity index (χ0) is 19.7. The lowest BCUT2D eigenvalue weighted by Crippen LogP contribution is -2.48. The average molecular weight is 378 g/mol. The van der Waals surface area contributed by atoms with Gasteiger partial charge < -0.3 is 4.74 Å². The first-order chi connectivity index (χ1) is 13.5. The van der Waals surface area contributed by atoms with E-state index in [4.69, 9.17) is 4.74 Å². The van der Waals surface area contributed by atoms with Crippen LogP contribution in [0.1, 0.15) is 29.3 Å². The molecule has 3 atom stereocenters. The topological polar surface area (TPSA) is 49.9 Å². The molecule has 2 aromatic rings. The molecule has 0 radical (unpaired) electrons. The Balaban J connectivity index is 1.65. The molecular weight excluding hydrogens is 352 g/mol. The number of nitrogens with zero attached hydrogens (tertiary/aromatic N) is 2. The van der Waals surface area contributed by atoms with E-state index in [1.165, 1.54) is 12.7 Å². The average Bonchev–Trinajstić information content (AvgIpc) is 3.28. The van der Waals surface area contributed by atoms with Gasteiger partial charge in [0.15, 0.2) is 5.78 Å². The number of Topliss-reactive ketones (excluding diaryl/α,β-unsaturated/α-hetero) is 1. The lowest BCUT2D eigenvalue weighted by Gasteiger charge is -2.35. The summed E-state index contributed by atoms with van der Waals surface area (Å²) in [5.41, 5.74) is 1.16. The maximum absolute atomic E-state index is 13.2. The van der Waals surface area contributed by atoms with E-state index in [1.54, 1.807) is 0 Å². The van der Waals surface area contributed by atoms with E-state index in [0.29, 0.717) is 12.0 Å². The number of rotatable bonds is 5. The maximum Gasteiger partial charge on any atom is 0.314 e. The van der Waals surface area contributed by atoms with Crippen molar-refractivity contribution in [2.45, 2.75) is 32.1 Å². The van der Waals surface area contributed by atoms with Gasteiger partial charge in [-0.3, -0.25) is 19.4 Å². The Labute approximate surface area is 165 Å². The normalized spacial score (nSPS) is 27.5. The second-order valence-electron chi connectivity index (χ2n) is 7.93. The molecule has 2 aliphatic heterocycles. The summed E-state index contributed by atoms with van der Waals surface area (Å²) in [5.74, 6) is -0.161. The van der Waals surface area contributed by atoms with Crippen LogP contribution in [0.4, 0.5) is 0 Å². The molecule has 0 aliphatic carbocycles. The van der Waals surface area contributed by atoms with Gasteiger partial charge in [0.25, 0.3) is 0 Å². The van der Waals surface area contributed by atoms with E-state index in [1.807, 2.05) is 55.5 Å². The minimum atomic E-state index is -0.741. The standard InChI is InChI=1S/C23H26N2O3/c1-23(22(27)28-2)15-19(20(26)18-11-7-4-8-12-18)25-14-13-24(21(23)25)16-17-9-5-3-6-10-17/h3-12,19,21H,13-16H2,1-2H3. The molecule has 2 fully saturated rings. The second-order valence-corrected chi connectivity index (χ2v) is 7.93. The number of esters is 1. The van der Waals surface area contributed by atoms with Gasteiger partial charge in [0.1, 0.15) is 0 Å². The lowest BCUT2D eigenvalue weighted by molar-refractivity contribution is -0.155. The van der Waals surface area contributed by atoms with Crippen LogP contribution in [0.5, 0.6) is 0 Å². The first-order valence-corrected chi connectivity index (χ1v) is 9.76. The predicted octanol–water partition coefficient (Wildman–Crippen LogP) is 2.96. The third kappa shape index (κ3) is 3.15. The van der Waals surface area contributed by atoms with Crippen LogP contribution in [0.15, 0.2) is 60.7 Å². The molecule has 5 nitrogen and oxygen atoms in total. The van der Waals surface area contributed by atoms with Crippen molar-refractivity contribution >= 4 is 11.8 Å². The van der Waals surface area contributed by atoms with Crippen LogP contribution in [0, 0.1) is 5.41 Å². The summed E-state index contributed by atoms with van der Waals surface area (Å²) in [5, 5.41) is 0. The number of ketones is 1. The molecule has 0 N–H and O–H groups in total. The summed E-state index contributed by atoms with van der Waals surface area (Å²) in [4.78, 5) is 30.5. The summed E-state index contributed by atoms with van der Waals surface area (Å²) >= 11 is 0. The van der Waals surface area contributed by atoms with Gasteiger partial charge in [0.2, 0.25) is 0 Å². The van der Waals surface area contributed by atoms with E-state index in [-0.39, 0.29) is 24.0 Å². The number of benzene rings is 2. The predicted molar refractivity (Wildman–Crippen MR) is 107 cm³/mol. The van der Waals surface area contributed by atoms with Gasteiger partial charge in [-0.2, -0.15) is 0 Å². The number of hydrogen-bond donors (Lipinski definition) is 0. The zero-order valence-corrected chi connectivity index (χ0v) is 16.4. The van der Waals surface area contributed by atoms with E-state index >= 15 is 0 Å². The molecule has 28 heavy (non-hydrogen) atoms. The molecule has 2 aliphatic rings. The minimum Gasteiger partial charge on any atom is -0.469 e. The Hall–Kier alpha value is -2.50. The summed E-state index contributed by atoms with van der Waals surface area (Å²) in [6.07, 6.45) is 0.335. The van der Waals surface area contributed by atoms with Crippen LogP contribution in [-0.2, 0) is 16.1 Å². The molecule has 146 valence electrons. The first kappa shape index (κ1) is 18.8. The van der Waals surface area contributed by atoms with Gasteiger partial charge in [-0.1, -0.05) is 60.7 Å². The zero-order valence-electron chi connectivity index (χ0n) is 16.4. The molecule has 5 heteroatoms. The van der Waals surface area contributed by atoms with E-state index < -0.39 is 5.41 Å². The van der Waals surface area contributed by atoms with Gasteiger partial charge in [-0.15, -0.1) is 0 Å². The number of methoxy groups -OCH3 is 1. The number of carbonyl (C=O) groups excluding carboxylic acids is 2. The van der Waals surface area contributed by atoms with Crippen molar-refractivity contribution in [3.05, 3.63) is 71.8 Å². The number of hydrogen-bond acceptors (Lipinski definition) is 5. The van der Waals surface area contributed by atoms with Crippen molar-refractivity contribution in [3.63, 3.8) is 0 Å². The van der Waals surface area contributed by atoms with Gasteiger partial charge in [0.05, 0.1) is 24.7 Å². The Kier molecular flexibility index (Phi) is 5.04. The molecule has 0 saturated carbocycles. The quantitative estimate of drug-likeness (QED) is 0.591. The minimum absolute atomic E-state index is 0.0831. The Morgan fingerprint density at radius 2 is 1.68 bits per heavy atom. The van der Waals surface area contributed by atoms with Gasteiger partial charge in [-0.25, -0.2) is 0 Å². The summed E-state index contributed by atoms with van der Waals surface area (Å²) in [6.45, 7) is 4.29. The highest BCUT2D eigenvalue weighted by molar-refractivity contribution is 6.01. The third-order valence-corrected chi connectivity index (χ3v) is 6.13. The van der Waals surface area contributed by atoms with E-state index in [0.717, 1.165) is 19.6 Å². The SMILES string of the molecule is COC(=O)C1(C)CC(C(=O)c2ccccc2)N2CCN(Cc3ccccc3)C21. The van der Waals surface area contributed by atoms with Crippen LogP contribution >= 0.6 is 0 Å². The van der Waals surface area contributed by atoms with E-state index in [9.17, 15) is 9.59 Å². The molecule has 4 rings (SSSR count). The second kappa shape index (κ2) is 7.49.